The Bertz CT molecular complexity index is 353. The number of rotatable bonds is 6. The van der Waals surface area contributed by atoms with Crippen LogP contribution in [0.5, 0.6) is 5.75 Å². The van der Waals surface area contributed by atoms with E-state index in [0.29, 0.717) is 17.4 Å². The van der Waals surface area contributed by atoms with E-state index in [2.05, 4.69) is 0 Å². The average Bonchev–Trinajstić information content (AvgIpc) is 2.28. The van der Waals surface area contributed by atoms with E-state index in [1.807, 2.05) is 13.0 Å². The van der Waals surface area contributed by atoms with E-state index < -0.39 is 6.10 Å². The molecular formula is C13H19ClO3. The molecular weight excluding hydrogens is 240 g/mol. The molecule has 0 aliphatic carbocycles. The fourth-order valence-electron chi connectivity index (χ4n) is 1.43. The number of aliphatic hydroxyl groups is 1. The van der Waals surface area contributed by atoms with Crippen molar-refractivity contribution in [3.05, 3.63) is 28.8 Å². The molecule has 0 amide bonds. The van der Waals surface area contributed by atoms with Gasteiger partial charge in [0.15, 0.2) is 0 Å². The maximum Gasteiger partial charge on any atom is 0.138 e. The van der Waals surface area contributed by atoms with Gasteiger partial charge in [0.05, 0.1) is 17.2 Å². The Kier molecular flexibility index (Phi) is 5.75. The van der Waals surface area contributed by atoms with Crippen LogP contribution in [0.3, 0.4) is 0 Å². The Balaban J connectivity index is 2.65. The molecule has 0 fully saturated rings. The van der Waals surface area contributed by atoms with E-state index >= 15 is 0 Å². The van der Waals surface area contributed by atoms with Gasteiger partial charge in [-0.15, -0.1) is 0 Å². The van der Waals surface area contributed by atoms with Gasteiger partial charge in [0.2, 0.25) is 0 Å². The van der Waals surface area contributed by atoms with E-state index in [-0.39, 0.29) is 6.10 Å². The quantitative estimate of drug-likeness (QED) is 0.852. The third-order valence-corrected chi connectivity index (χ3v) is 2.79. The zero-order valence-electron chi connectivity index (χ0n) is 10.4. The Hall–Kier alpha value is -0.770. The molecule has 96 valence electrons. The van der Waals surface area contributed by atoms with E-state index in [4.69, 9.17) is 21.1 Å². The largest absolute Gasteiger partial charge is 0.489 e. The molecule has 3 nitrogen and oxygen atoms in total. The lowest BCUT2D eigenvalue weighted by molar-refractivity contribution is 0.135. The summed E-state index contributed by atoms with van der Waals surface area (Å²) in [6.07, 6.45) is 0.336. The van der Waals surface area contributed by atoms with Crippen molar-refractivity contribution < 1.29 is 14.6 Å². The predicted molar refractivity (Wildman–Crippen MR) is 68.7 cm³/mol. The van der Waals surface area contributed by atoms with Crippen molar-refractivity contribution in [2.45, 2.75) is 32.5 Å². The maximum atomic E-state index is 9.42. The normalized spacial score (nSPS) is 14.4. The zero-order valence-corrected chi connectivity index (χ0v) is 11.2. The lowest BCUT2D eigenvalue weighted by atomic mass is 10.1. The molecule has 1 rings (SSSR count). The van der Waals surface area contributed by atoms with Crippen LogP contribution in [-0.2, 0) is 4.74 Å². The predicted octanol–water partition coefficient (Wildman–Crippen LogP) is 3.20. The number of hydrogen-bond acceptors (Lipinski definition) is 3. The highest BCUT2D eigenvalue weighted by atomic mass is 35.5. The molecule has 0 saturated carbocycles. The van der Waals surface area contributed by atoms with Crippen LogP contribution in [0.1, 0.15) is 31.9 Å². The summed E-state index contributed by atoms with van der Waals surface area (Å²) >= 11 is 6.08. The first-order valence-corrected chi connectivity index (χ1v) is 6.05. The first kappa shape index (κ1) is 14.3. The van der Waals surface area contributed by atoms with Crippen molar-refractivity contribution in [1.82, 2.24) is 0 Å². The van der Waals surface area contributed by atoms with E-state index in [9.17, 15) is 5.11 Å². The smallest absolute Gasteiger partial charge is 0.138 e. The first-order valence-electron chi connectivity index (χ1n) is 5.67. The summed E-state index contributed by atoms with van der Waals surface area (Å²) in [7, 11) is 1.66. The monoisotopic (exact) mass is 258 g/mol. The maximum absolute atomic E-state index is 9.42. The highest BCUT2D eigenvalue weighted by molar-refractivity contribution is 6.32. The van der Waals surface area contributed by atoms with Crippen molar-refractivity contribution >= 4 is 11.6 Å². The second-order valence-corrected chi connectivity index (χ2v) is 4.48. The number of hydrogen-bond donors (Lipinski definition) is 1. The van der Waals surface area contributed by atoms with Gasteiger partial charge in [-0.3, -0.25) is 0 Å². The minimum Gasteiger partial charge on any atom is -0.489 e. The van der Waals surface area contributed by atoms with Crippen LogP contribution in [0.15, 0.2) is 18.2 Å². The molecule has 0 heterocycles. The van der Waals surface area contributed by atoms with Crippen LogP contribution in [0, 0.1) is 0 Å². The Morgan fingerprint density at radius 1 is 1.35 bits per heavy atom. The van der Waals surface area contributed by atoms with E-state index in [1.54, 1.807) is 26.2 Å². The average molecular weight is 259 g/mol. The summed E-state index contributed by atoms with van der Waals surface area (Å²) < 4.78 is 10.7. The van der Waals surface area contributed by atoms with Crippen molar-refractivity contribution in [3.8, 4) is 5.75 Å². The summed E-state index contributed by atoms with van der Waals surface area (Å²) in [5, 5.41) is 9.94. The van der Waals surface area contributed by atoms with Gasteiger partial charge in [-0.25, -0.2) is 0 Å². The van der Waals surface area contributed by atoms with Gasteiger partial charge in [-0.1, -0.05) is 17.7 Å². The highest BCUT2D eigenvalue weighted by Crippen LogP contribution is 2.28. The lowest BCUT2D eigenvalue weighted by Gasteiger charge is -2.16. The second kappa shape index (κ2) is 6.84. The molecule has 2 atom stereocenters. The van der Waals surface area contributed by atoms with Gasteiger partial charge in [0.25, 0.3) is 0 Å². The first-order chi connectivity index (χ1) is 8.04. The molecule has 0 bridgehead atoms. The molecule has 0 spiro atoms. The van der Waals surface area contributed by atoms with Gasteiger partial charge in [0, 0.05) is 20.1 Å². The van der Waals surface area contributed by atoms with Crippen LogP contribution >= 0.6 is 11.6 Å². The molecule has 2 unspecified atom stereocenters. The summed E-state index contributed by atoms with van der Waals surface area (Å²) in [6.45, 7) is 4.33. The minimum absolute atomic E-state index is 0.0462. The van der Waals surface area contributed by atoms with Gasteiger partial charge in [0.1, 0.15) is 5.75 Å². The van der Waals surface area contributed by atoms with Crippen LogP contribution in [0.2, 0.25) is 5.02 Å². The molecule has 0 radical (unpaired) electrons. The van der Waals surface area contributed by atoms with Gasteiger partial charge < -0.3 is 14.6 Å². The van der Waals surface area contributed by atoms with Crippen LogP contribution < -0.4 is 4.74 Å². The molecule has 1 aromatic rings. The number of benzene rings is 1. The Morgan fingerprint density at radius 3 is 2.59 bits per heavy atom. The van der Waals surface area contributed by atoms with Crippen LogP contribution in [0.25, 0.3) is 0 Å². The van der Waals surface area contributed by atoms with E-state index in [1.165, 1.54) is 0 Å². The third kappa shape index (κ3) is 4.54. The lowest BCUT2D eigenvalue weighted by Crippen LogP contribution is -2.14. The molecule has 0 saturated heterocycles. The SMILES string of the molecule is COCCC(C)Oc1ccc(C(C)O)cc1Cl. The molecule has 0 aliphatic rings. The topological polar surface area (TPSA) is 38.7 Å². The molecule has 4 heteroatoms. The highest BCUT2D eigenvalue weighted by Gasteiger charge is 2.09. The molecule has 1 N–H and O–H groups in total. The molecule has 1 aromatic carbocycles. The third-order valence-electron chi connectivity index (χ3n) is 2.49. The summed E-state index contributed by atoms with van der Waals surface area (Å²) in [4.78, 5) is 0. The van der Waals surface area contributed by atoms with Crippen molar-refractivity contribution in [1.29, 1.82) is 0 Å². The van der Waals surface area contributed by atoms with Crippen molar-refractivity contribution in [2.24, 2.45) is 0 Å². The number of halogens is 1. The zero-order chi connectivity index (χ0) is 12.8. The minimum atomic E-state index is -0.521. The second-order valence-electron chi connectivity index (χ2n) is 4.08. The standard InChI is InChI=1S/C13H19ClO3/c1-9(6-7-16-3)17-13-5-4-11(10(2)15)8-12(13)14/h4-5,8-10,15H,6-7H2,1-3H3. The van der Waals surface area contributed by atoms with Gasteiger partial charge in [-0.2, -0.15) is 0 Å². The number of methoxy groups -OCH3 is 1. The van der Waals surface area contributed by atoms with Crippen LogP contribution in [-0.4, -0.2) is 24.9 Å². The van der Waals surface area contributed by atoms with Crippen molar-refractivity contribution in [2.75, 3.05) is 13.7 Å². The summed E-state index contributed by atoms with van der Waals surface area (Å²) in [5.41, 5.74) is 0.784. The molecule has 17 heavy (non-hydrogen) atoms. The van der Waals surface area contributed by atoms with Crippen LogP contribution in [0.4, 0.5) is 0 Å². The van der Waals surface area contributed by atoms with Crippen molar-refractivity contribution in [3.63, 3.8) is 0 Å². The fraction of sp³-hybridized carbons (Fsp3) is 0.538. The van der Waals surface area contributed by atoms with Gasteiger partial charge >= 0.3 is 0 Å². The summed E-state index contributed by atoms with van der Waals surface area (Å²) in [5.74, 6) is 0.639. The van der Waals surface area contributed by atoms with Gasteiger partial charge in [-0.05, 0) is 31.5 Å². The number of aliphatic hydroxyl groups excluding tert-OH is 1. The Labute approximate surface area is 107 Å². The number of ether oxygens (including phenoxy) is 2. The fourth-order valence-corrected chi connectivity index (χ4v) is 1.67. The summed E-state index contributed by atoms with van der Waals surface area (Å²) in [6, 6.07) is 5.33. The van der Waals surface area contributed by atoms with E-state index in [0.717, 1.165) is 12.0 Å². The molecule has 0 aliphatic heterocycles. The Morgan fingerprint density at radius 2 is 2.06 bits per heavy atom. The molecule has 0 aromatic heterocycles.